The van der Waals surface area contributed by atoms with Crippen molar-refractivity contribution in [2.24, 2.45) is 0 Å². The van der Waals surface area contributed by atoms with Crippen LogP contribution in [-0.4, -0.2) is 17.7 Å². The van der Waals surface area contributed by atoms with E-state index in [2.05, 4.69) is 10.6 Å². The van der Waals surface area contributed by atoms with Crippen molar-refractivity contribution in [1.82, 2.24) is 0 Å². The largest absolute Gasteiger partial charge is 0.350 e. The molecular formula is C24H15Cl4N3O3. The van der Waals surface area contributed by atoms with Crippen LogP contribution in [0.4, 0.5) is 17.1 Å². The monoisotopic (exact) mass is 533 g/mol. The number of imide groups is 1. The number of amides is 3. The smallest absolute Gasteiger partial charge is 0.283 e. The molecular weight excluding hydrogens is 520 g/mol. The summed E-state index contributed by atoms with van der Waals surface area (Å²) in [6, 6.07) is 15.9. The molecule has 0 aromatic heterocycles. The minimum atomic E-state index is -0.745. The number of rotatable bonds is 5. The Bertz CT molecular complexity index is 1390. The van der Waals surface area contributed by atoms with Crippen LogP contribution in [0.3, 0.4) is 0 Å². The maximum Gasteiger partial charge on any atom is 0.283 e. The van der Waals surface area contributed by atoms with E-state index in [9.17, 15) is 14.4 Å². The highest BCUT2D eigenvalue weighted by Crippen LogP contribution is 2.36. The Labute approximate surface area is 215 Å². The van der Waals surface area contributed by atoms with E-state index in [4.69, 9.17) is 46.4 Å². The van der Waals surface area contributed by atoms with Crippen LogP contribution >= 0.6 is 46.4 Å². The normalized spacial score (nSPS) is 13.5. The second-order valence-electron chi connectivity index (χ2n) is 7.35. The van der Waals surface area contributed by atoms with Gasteiger partial charge < -0.3 is 10.6 Å². The first kappa shape index (κ1) is 24.1. The molecule has 0 saturated heterocycles. The van der Waals surface area contributed by atoms with Gasteiger partial charge in [0, 0.05) is 27.0 Å². The summed E-state index contributed by atoms with van der Waals surface area (Å²) in [5.41, 5.74) is 2.10. The molecule has 1 aliphatic rings. The lowest BCUT2D eigenvalue weighted by molar-refractivity contribution is -0.120. The van der Waals surface area contributed by atoms with Gasteiger partial charge in [0.1, 0.15) is 10.7 Å². The topological polar surface area (TPSA) is 78.5 Å². The van der Waals surface area contributed by atoms with Gasteiger partial charge in [-0.05, 0) is 67.1 Å². The molecule has 3 aromatic rings. The first-order chi connectivity index (χ1) is 16.2. The Balaban J connectivity index is 1.56. The summed E-state index contributed by atoms with van der Waals surface area (Å²) in [6.45, 7) is 1.83. The second kappa shape index (κ2) is 9.68. The van der Waals surface area contributed by atoms with Crippen molar-refractivity contribution >= 4 is 81.2 Å². The minimum Gasteiger partial charge on any atom is -0.350 e. The lowest BCUT2D eigenvalue weighted by atomic mass is 10.1. The van der Waals surface area contributed by atoms with Crippen LogP contribution in [0.5, 0.6) is 0 Å². The van der Waals surface area contributed by atoms with Gasteiger partial charge in [0.25, 0.3) is 17.7 Å². The van der Waals surface area contributed by atoms with Gasteiger partial charge in [-0.1, -0.05) is 52.5 Å². The molecule has 0 spiro atoms. The van der Waals surface area contributed by atoms with Crippen molar-refractivity contribution in [2.75, 3.05) is 15.5 Å². The zero-order valence-electron chi connectivity index (χ0n) is 17.5. The van der Waals surface area contributed by atoms with E-state index in [-0.39, 0.29) is 27.3 Å². The summed E-state index contributed by atoms with van der Waals surface area (Å²) >= 11 is 24.3. The van der Waals surface area contributed by atoms with E-state index >= 15 is 0 Å². The van der Waals surface area contributed by atoms with Gasteiger partial charge in [-0.2, -0.15) is 0 Å². The fourth-order valence-corrected chi connectivity index (χ4v) is 4.14. The molecule has 0 saturated carbocycles. The van der Waals surface area contributed by atoms with E-state index < -0.39 is 11.8 Å². The molecule has 0 atom stereocenters. The van der Waals surface area contributed by atoms with Crippen molar-refractivity contribution in [3.8, 4) is 0 Å². The van der Waals surface area contributed by atoms with Crippen LogP contribution in [0.25, 0.3) is 0 Å². The number of halogens is 4. The molecule has 0 radical (unpaired) electrons. The molecule has 1 heterocycles. The van der Waals surface area contributed by atoms with Crippen LogP contribution in [0.15, 0.2) is 71.4 Å². The highest BCUT2D eigenvalue weighted by molar-refractivity contribution is 6.54. The first-order valence-electron chi connectivity index (χ1n) is 9.84. The Morgan fingerprint density at radius 2 is 1.56 bits per heavy atom. The van der Waals surface area contributed by atoms with Gasteiger partial charge in [0.2, 0.25) is 0 Å². The fraction of sp³-hybridized carbons (Fsp3) is 0.0417. The molecule has 0 bridgehead atoms. The quantitative estimate of drug-likeness (QED) is 0.359. The third-order valence-corrected chi connectivity index (χ3v) is 6.15. The van der Waals surface area contributed by atoms with Gasteiger partial charge in [-0.25, -0.2) is 4.90 Å². The van der Waals surface area contributed by atoms with Crippen LogP contribution < -0.4 is 15.5 Å². The van der Waals surface area contributed by atoms with E-state index in [1.54, 1.807) is 36.4 Å². The number of benzene rings is 3. The summed E-state index contributed by atoms with van der Waals surface area (Å²) < 4.78 is 0. The van der Waals surface area contributed by atoms with Gasteiger partial charge in [0.05, 0.1) is 10.7 Å². The van der Waals surface area contributed by atoms with Crippen molar-refractivity contribution in [2.45, 2.75) is 6.92 Å². The van der Waals surface area contributed by atoms with Crippen LogP contribution in [0.2, 0.25) is 15.1 Å². The predicted molar refractivity (Wildman–Crippen MR) is 136 cm³/mol. The SMILES string of the molecule is Cc1cc(Cl)ccc1NC(=O)c1cccc(NC2=C(Cl)C(=O)N(c3cc(Cl)ccc3Cl)C2=O)c1. The number of hydrogen-bond acceptors (Lipinski definition) is 4. The number of carbonyl (C=O) groups is 3. The van der Waals surface area contributed by atoms with Crippen LogP contribution in [0, 0.1) is 6.92 Å². The third kappa shape index (κ3) is 4.76. The second-order valence-corrected chi connectivity index (χ2v) is 9.01. The summed E-state index contributed by atoms with van der Waals surface area (Å²) in [4.78, 5) is 39.4. The molecule has 3 aromatic carbocycles. The van der Waals surface area contributed by atoms with Crippen LogP contribution in [-0.2, 0) is 9.59 Å². The Hall–Kier alpha value is -3.03. The molecule has 3 amide bonds. The van der Waals surface area contributed by atoms with E-state index in [1.165, 1.54) is 24.3 Å². The van der Waals surface area contributed by atoms with Gasteiger partial charge in [0.15, 0.2) is 0 Å². The predicted octanol–water partition coefficient (Wildman–Crippen LogP) is 6.64. The third-order valence-electron chi connectivity index (χ3n) is 5.01. The lowest BCUT2D eigenvalue weighted by Gasteiger charge is -2.17. The molecule has 4 rings (SSSR count). The average molecular weight is 535 g/mol. The molecule has 172 valence electrons. The number of carbonyl (C=O) groups excluding carboxylic acids is 3. The maximum atomic E-state index is 13.0. The highest BCUT2D eigenvalue weighted by atomic mass is 35.5. The Morgan fingerprint density at radius 3 is 2.29 bits per heavy atom. The fourth-order valence-electron chi connectivity index (χ4n) is 3.33. The van der Waals surface area contributed by atoms with E-state index in [1.807, 2.05) is 6.92 Å². The van der Waals surface area contributed by atoms with Crippen molar-refractivity contribution in [1.29, 1.82) is 0 Å². The standard InChI is InChI=1S/C24H15Cl4N3O3/c1-12-9-14(25)6-8-18(12)30-22(32)13-3-2-4-16(10-13)29-21-20(28)23(33)31(24(21)34)19-11-15(26)5-7-17(19)27/h2-11,29H,1H3,(H,30,32). The number of nitrogens with one attached hydrogen (secondary N) is 2. The van der Waals surface area contributed by atoms with Gasteiger partial charge >= 0.3 is 0 Å². The van der Waals surface area contributed by atoms with Crippen molar-refractivity contribution < 1.29 is 14.4 Å². The highest BCUT2D eigenvalue weighted by Gasteiger charge is 2.40. The molecule has 6 nitrogen and oxygen atoms in total. The maximum absolute atomic E-state index is 13.0. The number of hydrogen-bond donors (Lipinski definition) is 2. The number of nitrogens with zero attached hydrogens (tertiary/aromatic N) is 1. The molecule has 1 aliphatic heterocycles. The summed E-state index contributed by atoms with van der Waals surface area (Å²) in [7, 11) is 0. The lowest BCUT2D eigenvalue weighted by Crippen LogP contribution is -2.32. The van der Waals surface area contributed by atoms with Crippen molar-refractivity contribution in [3.05, 3.63) is 97.6 Å². The van der Waals surface area contributed by atoms with E-state index in [0.717, 1.165) is 10.5 Å². The summed E-state index contributed by atoms with van der Waals surface area (Å²) in [6.07, 6.45) is 0. The number of anilines is 3. The Morgan fingerprint density at radius 1 is 0.853 bits per heavy atom. The molecule has 0 aliphatic carbocycles. The van der Waals surface area contributed by atoms with Gasteiger partial charge in [-0.3, -0.25) is 14.4 Å². The molecule has 0 unspecified atom stereocenters. The zero-order valence-corrected chi connectivity index (χ0v) is 20.5. The van der Waals surface area contributed by atoms with E-state index in [0.29, 0.717) is 27.0 Å². The molecule has 0 fully saturated rings. The number of aryl methyl sites for hydroxylation is 1. The zero-order chi connectivity index (χ0) is 24.6. The average Bonchev–Trinajstić information content (AvgIpc) is 3.00. The van der Waals surface area contributed by atoms with Crippen LogP contribution in [0.1, 0.15) is 15.9 Å². The molecule has 2 N–H and O–H groups in total. The Kier molecular flexibility index (Phi) is 6.86. The first-order valence-corrected chi connectivity index (χ1v) is 11.3. The summed E-state index contributed by atoms with van der Waals surface area (Å²) in [5, 5.41) is 6.38. The van der Waals surface area contributed by atoms with Crippen molar-refractivity contribution in [3.63, 3.8) is 0 Å². The minimum absolute atomic E-state index is 0.116. The summed E-state index contributed by atoms with van der Waals surface area (Å²) in [5.74, 6) is -1.81. The molecule has 34 heavy (non-hydrogen) atoms. The molecule has 10 heteroatoms. The van der Waals surface area contributed by atoms with Gasteiger partial charge in [-0.15, -0.1) is 0 Å².